The SMILES string of the molecule is Cc1cc(F)c(-c2ccc(Cl)cc2)cc1C1=C(O)C2(CCC(C(F)(F)C(F)(F)F)CC2)NC1=O. The number of aliphatic hydroxyl groups excluding tert-OH is 1. The molecule has 1 aliphatic heterocycles. The van der Waals surface area contributed by atoms with E-state index in [1.54, 1.807) is 31.2 Å². The predicted molar refractivity (Wildman–Crippen MR) is 115 cm³/mol. The summed E-state index contributed by atoms with van der Waals surface area (Å²) in [4.78, 5) is 12.9. The molecule has 182 valence electrons. The third-order valence-corrected chi connectivity index (χ3v) is 6.99. The molecule has 2 aromatic carbocycles. The van der Waals surface area contributed by atoms with Gasteiger partial charge in [-0.25, -0.2) is 4.39 Å². The summed E-state index contributed by atoms with van der Waals surface area (Å²) in [7, 11) is 0. The average Bonchev–Trinajstić information content (AvgIpc) is 2.98. The molecule has 1 fully saturated rings. The second-order valence-corrected chi connectivity index (χ2v) is 9.25. The van der Waals surface area contributed by atoms with Crippen LogP contribution in [-0.4, -0.2) is 28.7 Å². The highest BCUT2D eigenvalue weighted by Crippen LogP contribution is 2.51. The summed E-state index contributed by atoms with van der Waals surface area (Å²) in [5.41, 5.74) is -0.367. The van der Waals surface area contributed by atoms with E-state index in [0.717, 1.165) is 0 Å². The topological polar surface area (TPSA) is 49.3 Å². The number of carbonyl (C=O) groups is 1. The van der Waals surface area contributed by atoms with Crippen LogP contribution in [0.15, 0.2) is 42.2 Å². The molecule has 10 heteroatoms. The maximum Gasteiger partial charge on any atom is 0.453 e. The predicted octanol–water partition coefficient (Wildman–Crippen LogP) is 6.98. The van der Waals surface area contributed by atoms with Crippen LogP contribution in [0.5, 0.6) is 0 Å². The Labute approximate surface area is 196 Å². The molecule has 2 N–H and O–H groups in total. The number of hydrogen-bond donors (Lipinski definition) is 2. The van der Waals surface area contributed by atoms with E-state index < -0.39 is 53.9 Å². The molecule has 2 aliphatic rings. The van der Waals surface area contributed by atoms with E-state index in [4.69, 9.17) is 11.6 Å². The van der Waals surface area contributed by atoms with Gasteiger partial charge in [-0.2, -0.15) is 22.0 Å². The van der Waals surface area contributed by atoms with Gasteiger partial charge in [0.15, 0.2) is 0 Å². The summed E-state index contributed by atoms with van der Waals surface area (Å²) < 4.78 is 80.6. The number of rotatable bonds is 3. The molecular formula is C24H20ClF6NO2. The van der Waals surface area contributed by atoms with Gasteiger partial charge in [-0.1, -0.05) is 23.7 Å². The Morgan fingerprint density at radius 3 is 2.18 bits per heavy atom. The van der Waals surface area contributed by atoms with Crippen LogP contribution in [0.25, 0.3) is 16.7 Å². The summed E-state index contributed by atoms with van der Waals surface area (Å²) >= 11 is 5.89. The summed E-state index contributed by atoms with van der Waals surface area (Å²) in [6.45, 7) is 1.55. The van der Waals surface area contributed by atoms with Crippen LogP contribution in [0.4, 0.5) is 26.3 Å². The molecule has 2 aromatic rings. The van der Waals surface area contributed by atoms with Crippen molar-refractivity contribution in [2.75, 3.05) is 0 Å². The fraction of sp³-hybridized carbons (Fsp3) is 0.375. The molecule has 0 unspecified atom stereocenters. The standard InChI is InChI=1S/C24H20ClF6NO2/c1-12-10-18(26)17(13-2-4-15(25)5-3-13)11-16(12)19-20(33)22(32-21(19)34)8-6-14(7-9-22)23(27,28)24(29,30)31/h2-5,10-11,14,33H,6-9H2,1H3,(H,32,34). The lowest BCUT2D eigenvalue weighted by atomic mass is 9.73. The Bertz CT molecular complexity index is 1170. The van der Waals surface area contributed by atoms with Crippen molar-refractivity contribution in [3.05, 3.63) is 64.1 Å². The fourth-order valence-corrected chi connectivity index (χ4v) is 4.92. The molecule has 1 aliphatic carbocycles. The molecular weight excluding hydrogens is 484 g/mol. The fourth-order valence-electron chi connectivity index (χ4n) is 4.79. The highest BCUT2D eigenvalue weighted by molar-refractivity contribution is 6.30. The number of aryl methyl sites for hydroxylation is 1. The van der Waals surface area contributed by atoms with Gasteiger partial charge in [0, 0.05) is 16.5 Å². The van der Waals surface area contributed by atoms with Crippen molar-refractivity contribution in [2.45, 2.75) is 50.2 Å². The molecule has 1 amide bonds. The monoisotopic (exact) mass is 503 g/mol. The summed E-state index contributed by atoms with van der Waals surface area (Å²) in [5, 5.41) is 14.0. The molecule has 0 bridgehead atoms. The van der Waals surface area contributed by atoms with Gasteiger partial charge in [0.05, 0.1) is 11.1 Å². The first kappa shape index (κ1) is 24.4. The maximum atomic E-state index is 14.7. The first-order valence-electron chi connectivity index (χ1n) is 10.5. The van der Waals surface area contributed by atoms with Crippen molar-refractivity contribution < 1.29 is 36.2 Å². The van der Waals surface area contributed by atoms with Crippen molar-refractivity contribution in [3.63, 3.8) is 0 Å². The molecule has 3 nitrogen and oxygen atoms in total. The number of benzene rings is 2. The third kappa shape index (κ3) is 3.93. The lowest BCUT2D eigenvalue weighted by Gasteiger charge is -2.40. The van der Waals surface area contributed by atoms with Crippen LogP contribution in [0.2, 0.25) is 5.02 Å². The highest BCUT2D eigenvalue weighted by Gasteiger charge is 2.63. The van der Waals surface area contributed by atoms with E-state index in [1.807, 2.05) is 0 Å². The van der Waals surface area contributed by atoms with Gasteiger partial charge in [0.25, 0.3) is 5.91 Å². The molecule has 0 aromatic heterocycles. The number of amides is 1. The van der Waals surface area contributed by atoms with Crippen molar-refractivity contribution in [1.82, 2.24) is 5.32 Å². The van der Waals surface area contributed by atoms with Gasteiger partial charge in [-0.3, -0.25) is 4.79 Å². The molecule has 1 spiro atoms. The molecule has 0 saturated heterocycles. The van der Waals surface area contributed by atoms with Crippen LogP contribution in [0.3, 0.4) is 0 Å². The third-order valence-electron chi connectivity index (χ3n) is 6.74. The minimum Gasteiger partial charge on any atom is -0.509 e. The normalized spacial score (nSPS) is 23.5. The highest BCUT2D eigenvalue weighted by atomic mass is 35.5. The van der Waals surface area contributed by atoms with Crippen molar-refractivity contribution in [2.24, 2.45) is 5.92 Å². The lowest BCUT2D eigenvalue weighted by molar-refractivity contribution is -0.306. The smallest absolute Gasteiger partial charge is 0.453 e. The van der Waals surface area contributed by atoms with E-state index in [-0.39, 0.29) is 29.5 Å². The second-order valence-electron chi connectivity index (χ2n) is 8.81. The van der Waals surface area contributed by atoms with Crippen LogP contribution in [0.1, 0.15) is 36.8 Å². The van der Waals surface area contributed by atoms with Gasteiger partial charge >= 0.3 is 12.1 Å². The quantitative estimate of drug-likeness (QED) is 0.444. The Kier molecular flexibility index (Phi) is 5.91. The van der Waals surface area contributed by atoms with E-state index >= 15 is 0 Å². The summed E-state index contributed by atoms with van der Waals surface area (Å²) in [5.74, 6) is -8.50. The first-order valence-corrected chi connectivity index (χ1v) is 10.9. The van der Waals surface area contributed by atoms with Gasteiger partial charge in [0.2, 0.25) is 0 Å². The number of hydrogen-bond acceptors (Lipinski definition) is 2. The molecule has 34 heavy (non-hydrogen) atoms. The number of nitrogens with one attached hydrogen (secondary N) is 1. The summed E-state index contributed by atoms with van der Waals surface area (Å²) in [6.07, 6.45) is -7.32. The van der Waals surface area contributed by atoms with Gasteiger partial charge in [0.1, 0.15) is 11.6 Å². The molecule has 4 rings (SSSR count). The Balaban J connectivity index is 1.70. The van der Waals surface area contributed by atoms with Gasteiger partial charge in [-0.05, 0) is 73.6 Å². The van der Waals surface area contributed by atoms with Crippen molar-refractivity contribution >= 4 is 23.1 Å². The van der Waals surface area contributed by atoms with E-state index in [9.17, 15) is 36.2 Å². The Hall–Kier alpha value is -2.68. The van der Waals surface area contributed by atoms with E-state index in [1.165, 1.54) is 12.1 Å². The zero-order chi connectivity index (χ0) is 25.1. The Morgan fingerprint density at radius 2 is 1.62 bits per heavy atom. The Morgan fingerprint density at radius 1 is 1.03 bits per heavy atom. The largest absolute Gasteiger partial charge is 0.509 e. The molecule has 0 atom stereocenters. The first-order chi connectivity index (χ1) is 15.8. The number of halogens is 7. The van der Waals surface area contributed by atoms with Gasteiger partial charge < -0.3 is 10.4 Å². The van der Waals surface area contributed by atoms with Crippen LogP contribution < -0.4 is 5.32 Å². The van der Waals surface area contributed by atoms with Crippen molar-refractivity contribution in [1.29, 1.82) is 0 Å². The molecule has 1 heterocycles. The van der Waals surface area contributed by atoms with Crippen molar-refractivity contribution in [3.8, 4) is 11.1 Å². The second kappa shape index (κ2) is 8.22. The zero-order valence-electron chi connectivity index (χ0n) is 17.9. The van der Waals surface area contributed by atoms with E-state index in [2.05, 4.69) is 5.32 Å². The maximum absolute atomic E-state index is 14.7. The number of aliphatic hydroxyl groups is 1. The lowest BCUT2D eigenvalue weighted by Crippen LogP contribution is -2.52. The number of carbonyl (C=O) groups excluding carboxylic acids is 1. The van der Waals surface area contributed by atoms with E-state index in [0.29, 0.717) is 16.1 Å². The van der Waals surface area contributed by atoms with Crippen LogP contribution in [-0.2, 0) is 4.79 Å². The minimum absolute atomic E-state index is 0.145. The van der Waals surface area contributed by atoms with Crippen LogP contribution >= 0.6 is 11.6 Å². The average molecular weight is 504 g/mol. The summed E-state index contributed by atoms with van der Waals surface area (Å²) in [6, 6.07) is 8.93. The number of alkyl halides is 5. The van der Waals surface area contributed by atoms with Gasteiger partial charge in [-0.15, -0.1) is 0 Å². The minimum atomic E-state index is -5.67. The van der Waals surface area contributed by atoms with Crippen LogP contribution in [0, 0.1) is 18.7 Å². The molecule has 1 saturated carbocycles. The molecule has 0 radical (unpaired) electrons. The zero-order valence-corrected chi connectivity index (χ0v) is 18.6.